The third kappa shape index (κ3) is 5.96. The van der Waals surface area contributed by atoms with E-state index >= 15 is 4.39 Å². The van der Waals surface area contributed by atoms with Crippen LogP contribution in [0.4, 0.5) is 13.2 Å². The van der Waals surface area contributed by atoms with Crippen LogP contribution in [0.2, 0.25) is 0 Å². The standard InChI is InChI=1S/C30H31F3O2/c1-3-5-20-6-8-21(9-7-20)26-16-17-27(30(33)29(26)32)22-10-13-24(14-11-22)35-19-23-12-15-25(34-4-2)18-28(23)31/h3,5-9,12,15-18,22,24H,4,10-11,13-14,19H2,1-2H3. The Kier molecular flexibility index (Phi) is 8.29. The summed E-state index contributed by atoms with van der Waals surface area (Å²) >= 11 is 0. The van der Waals surface area contributed by atoms with Crippen molar-refractivity contribution in [1.29, 1.82) is 0 Å². The Labute approximate surface area is 205 Å². The number of hydrogen-bond acceptors (Lipinski definition) is 2. The van der Waals surface area contributed by atoms with Crippen LogP contribution < -0.4 is 4.74 Å². The molecular weight excluding hydrogens is 449 g/mol. The van der Waals surface area contributed by atoms with Crippen molar-refractivity contribution >= 4 is 6.08 Å². The van der Waals surface area contributed by atoms with E-state index in [9.17, 15) is 8.78 Å². The highest BCUT2D eigenvalue weighted by Crippen LogP contribution is 2.38. The molecule has 35 heavy (non-hydrogen) atoms. The Hall–Kier alpha value is -3.05. The predicted molar refractivity (Wildman–Crippen MR) is 134 cm³/mol. The molecule has 0 amide bonds. The second-order valence-electron chi connectivity index (χ2n) is 8.92. The van der Waals surface area contributed by atoms with E-state index in [4.69, 9.17) is 9.47 Å². The minimum atomic E-state index is -0.800. The fraction of sp³-hybridized carbons (Fsp3) is 0.333. The van der Waals surface area contributed by atoms with Gasteiger partial charge in [-0.15, -0.1) is 0 Å². The first-order chi connectivity index (χ1) is 17.0. The lowest BCUT2D eigenvalue weighted by molar-refractivity contribution is 0.0118. The smallest absolute Gasteiger partial charge is 0.166 e. The third-order valence-electron chi connectivity index (χ3n) is 6.62. The molecule has 1 saturated carbocycles. The van der Waals surface area contributed by atoms with Gasteiger partial charge in [-0.1, -0.05) is 54.6 Å². The maximum absolute atomic E-state index is 15.1. The van der Waals surface area contributed by atoms with Gasteiger partial charge in [0.2, 0.25) is 0 Å². The molecule has 2 nitrogen and oxygen atoms in total. The largest absolute Gasteiger partial charge is 0.494 e. The zero-order valence-electron chi connectivity index (χ0n) is 20.2. The zero-order chi connectivity index (χ0) is 24.8. The van der Waals surface area contributed by atoms with Gasteiger partial charge in [0.1, 0.15) is 11.6 Å². The molecule has 0 spiro atoms. The summed E-state index contributed by atoms with van der Waals surface area (Å²) in [6.07, 6.45) is 6.70. The van der Waals surface area contributed by atoms with E-state index < -0.39 is 11.6 Å². The number of allylic oxidation sites excluding steroid dienone is 1. The Morgan fingerprint density at radius 3 is 2.29 bits per heavy atom. The van der Waals surface area contributed by atoms with E-state index in [2.05, 4.69) is 0 Å². The van der Waals surface area contributed by atoms with Crippen molar-refractivity contribution < 1.29 is 22.6 Å². The summed E-state index contributed by atoms with van der Waals surface area (Å²) in [5.74, 6) is -1.47. The van der Waals surface area contributed by atoms with Crippen molar-refractivity contribution in [2.45, 2.75) is 58.2 Å². The molecule has 0 heterocycles. The minimum absolute atomic E-state index is 0.0277. The molecule has 0 aromatic heterocycles. The molecule has 0 bridgehead atoms. The summed E-state index contributed by atoms with van der Waals surface area (Å²) in [6.45, 7) is 4.45. The summed E-state index contributed by atoms with van der Waals surface area (Å²) < 4.78 is 55.6. The summed E-state index contributed by atoms with van der Waals surface area (Å²) in [5, 5.41) is 0. The molecule has 3 aromatic rings. The Bertz CT molecular complexity index is 1160. The topological polar surface area (TPSA) is 18.5 Å². The van der Waals surface area contributed by atoms with Gasteiger partial charge >= 0.3 is 0 Å². The van der Waals surface area contributed by atoms with E-state index in [0.717, 1.165) is 18.4 Å². The summed E-state index contributed by atoms with van der Waals surface area (Å²) in [4.78, 5) is 0. The molecule has 0 atom stereocenters. The van der Waals surface area contributed by atoms with Gasteiger partial charge in [-0.2, -0.15) is 0 Å². The van der Waals surface area contributed by atoms with Gasteiger partial charge < -0.3 is 9.47 Å². The van der Waals surface area contributed by atoms with E-state index in [-0.39, 0.29) is 30.0 Å². The molecule has 184 valence electrons. The van der Waals surface area contributed by atoms with Gasteiger partial charge in [0.15, 0.2) is 11.6 Å². The van der Waals surface area contributed by atoms with Crippen LogP contribution in [-0.4, -0.2) is 12.7 Å². The Morgan fingerprint density at radius 1 is 0.886 bits per heavy atom. The van der Waals surface area contributed by atoms with Crippen LogP contribution in [-0.2, 0) is 11.3 Å². The molecule has 0 unspecified atom stereocenters. The first kappa shape index (κ1) is 25.1. The molecule has 1 aliphatic carbocycles. The first-order valence-corrected chi connectivity index (χ1v) is 12.2. The normalized spacial score (nSPS) is 18.2. The third-order valence-corrected chi connectivity index (χ3v) is 6.62. The minimum Gasteiger partial charge on any atom is -0.494 e. The lowest BCUT2D eigenvalue weighted by Crippen LogP contribution is -2.21. The molecule has 0 saturated heterocycles. The molecule has 3 aromatic carbocycles. The Balaban J connectivity index is 1.36. The van der Waals surface area contributed by atoms with Crippen molar-refractivity contribution in [3.8, 4) is 16.9 Å². The highest BCUT2D eigenvalue weighted by Gasteiger charge is 2.27. The Morgan fingerprint density at radius 2 is 1.63 bits per heavy atom. The molecule has 4 rings (SSSR count). The monoisotopic (exact) mass is 480 g/mol. The fourth-order valence-corrected chi connectivity index (χ4v) is 4.72. The van der Waals surface area contributed by atoms with E-state index in [1.807, 2.05) is 50.3 Å². The van der Waals surface area contributed by atoms with Crippen LogP contribution in [0.25, 0.3) is 17.2 Å². The fourth-order valence-electron chi connectivity index (χ4n) is 4.72. The van der Waals surface area contributed by atoms with Crippen LogP contribution in [0.15, 0.2) is 60.7 Å². The molecule has 1 aliphatic rings. The lowest BCUT2D eigenvalue weighted by Gasteiger charge is -2.29. The van der Waals surface area contributed by atoms with Crippen molar-refractivity contribution in [2.24, 2.45) is 0 Å². The number of ether oxygens (including phenoxy) is 2. The average Bonchev–Trinajstić information content (AvgIpc) is 2.87. The van der Waals surface area contributed by atoms with Crippen molar-refractivity contribution in [1.82, 2.24) is 0 Å². The number of hydrogen-bond donors (Lipinski definition) is 0. The zero-order valence-corrected chi connectivity index (χ0v) is 20.2. The molecule has 5 heteroatoms. The SMILES string of the molecule is CC=Cc1ccc(-c2ccc(C3CCC(OCc4ccc(OCC)cc4F)CC3)c(F)c2F)cc1. The number of benzene rings is 3. The van der Waals surface area contributed by atoms with Gasteiger partial charge in [-0.25, -0.2) is 13.2 Å². The first-order valence-electron chi connectivity index (χ1n) is 12.2. The van der Waals surface area contributed by atoms with Gasteiger partial charge in [-0.3, -0.25) is 0 Å². The van der Waals surface area contributed by atoms with Crippen LogP contribution in [0, 0.1) is 17.5 Å². The summed E-state index contributed by atoms with van der Waals surface area (Å²) in [5.41, 5.74) is 2.84. The molecule has 0 radical (unpaired) electrons. The van der Waals surface area contributed by atoms with Gasteiger partial charge in [-0.05, 0) is 68.2 Å². The molecular formula is C30H31F3O2. The molecule has 0 N–H and O–H groups in total. The van der Waals surface area contributed by atoms with E-state index in [0.29, 0.717) is 41.9 Å². The predicted octanol–water partition coefficient (Wildman–Crippen LogP) is 8.45. The maximum Gasteiger partial charge on any atom is 0.166 e. The molecule has 0 aliphatic heterocycles. The summed E-state index contributed by atoms with van der Waals surface area (Å²) in [7, 11) is 0. The quantitative estimate of drug-likeness (QED) is 0.322. The second kappa shape index (κ2) is 11.6. The van der Waals surface area contributed by atoms with Crippen LogP contribution in [0.3, 0.4) is 0 Å². The van der Waals surface area contributed by atoms with E-state index in [1.54, 1.807) is 24.3 Å². The van der Waals surface area contributed by atoms with Crippen LogP contribution >= 0.6 is 0 Å². The van der Waals surface area contributed by atoms with E-state index in [1.165, 1.54) is 6.07 Å². The van der Waals surface area contributed by atoms with Gasteiger partial charge in [0.25, 0.3) is 0 Å². The number of halogens is 3. The van der Waals surface area contributed by atoms with Crippen LogP contribution in [0.1, 0.15) is 62.1 Å². The highest BCUT2D eigenvalue weighted by atomic mass is 19.2. The molecule has 1 fully saturated rings. The average molecular weight is 481 g/mol. The highest BCUT2D eigenvalue weighted by molar-refractivity contribution is 5.67. The van der Waals surface area contributed by atoms with Gasteiger partial charge in [0.05, 0.1) is 19.3 Å². The second-order valence-corrected chi connectivity index (χ2v) is 8.92. The van der Waals surface area contributed by atoms with Crippen molar-refractivity contribution in [3.63, 3.8) is 0 Å². The maximum atomic E-state index is 15.1. The lowest BCUT2D eigenvalue weighted by atomic mass is 9.82. The number of rotatable bonds is 8. The van der Waals surface area contributed by atoms with Crippen molar-refractivity contribution in [2.75, 3.05) is 6.61 Å². The van der Waals surface area contributed by atoms with Crippen LogP contribution in [0.5, 0.6) is 5.75 Å². The van der Waals surface area contributed by atoms with Gasteiger partial charge in [0, 0.05) is 17.2 Å². The van der Waals surface area contributed by atoms with Crippen molar-refractivity contribution in [3.05, 3.63) is 94.8 Å². The summed E-state index contributed by atoms with van der Waals surface area (Å²) in [6, 6.07) is 15.6.